The molecule has 1 aliphatic rings. The summed E-state index contributed by atoms with van der Waals surface area (Å²) in [5.74, 6) is -0.567. The number of hydrogen-bond acceptors (Lipinski definition) is 5. The number of nitrogen functional groups attached to an aromatic ring is 1. The molecule has 2 unspecified atom stereocenters. The van der Waals surface area contributed by atoms with Crippen LogP contribution in [0.3, 0.4) is 0 Å². The lowest BCUT2D eigenvalue weighted by Gasteiger charge is -2.23. The van der Waals surface area contributed by atoms with E-state index in [4.69, 9.17) is 19.9 Å². The van der Waals surface area contributed by atoms with Crippen LogP contribution >= 0.6 is 0 Å². The SMILES string of the molecule is CCCCCCCCCCCC1(C)OCC(COC(=O)Nc2ccc(N)cc2)O1. The van der Waals surface area contributed by atoms with Crippen LogP contribution in [0.1, 0.15) is 78.1 Å². The highest BCUT2D eigenvalue weighted by atomic mass is 16.7. The molecule has 6 nitrogen and oxygen atoms in total. The van der Waals surface area contributed by atoms with E-state index in [0.29, 0.717) is 18.0 Å². The van der Waals surface area contributed by atoms with Crippen LogP contribution in [0.4, 0.5) is 16.2 Å². The molecule has 0 saturated carbocycles. The van der Waals surface area contributed by atoms with Crippen LogP contribution in [0.2, 0.25) is 0 Å². The monoisotopic (exact) mass is 406 g/mol. The molecule has 0 bridgehead atoms. The highest BCUT2D eigenvalue weighted by Crippen LogP contribution is 2.29. The van der Waals surface area contributed by atoms with Gasteiger partial charge in [-0.25, -0.2) is 4.79 Å². The topological polar surface area (TPSA) is 82.8 Å². The number of carbonyl (C=O) groups excluding carboxylic acids is 1. The third-order valence-corrected chi connectivity index (χ3v) is 5.28. The minimum absolute atomic E-state index is 0.175. The fraction of sp³-hybridized carbons (Fsp3) is 0.696. The molecule has 1 aromatic rings. The van der Waals surface area contributed by atoms with Crippen molar-refractivity contribution in [3.8, 4) is 0 Å². The summed E-state index contributed by atoms with van der Waals surface area (Å²) in [6.45, 7) is 4.85. The fourth-order valence-corrected chi connectivity index (χ4v) is 3.55. The molecule has 0 spiro atoms. The van der Waals surface area contributed by atoms with Gasteiger partial charge in [0.15, 0.2) is 5.79 Å². The van der Waals surface area contributed by atoms with Gasteiger partial charge in [-0.2, -0.15) is 0 Å². The summed E-state index contributed by atoms with van der Waals surface area (Å²) >= 11 is 0. The van der Waals surface area contributed by atoms with Crippen LogP contribution in [-0.2, 0) is 14.2 Å². The maximum absolute atomic E-state index is 11.9. The average Bonchev–Trinajstić information content (AvgIpc) is 3.08. The third kappa shape index (κ3) is 9.50. The number of carbonyl (C=O) groups is 1. The van der Waals surface area contributed by atoms with Crippen molar-refractivity contribution in [1.29, 1.82) is 0 Å². The molecule has 1 amide bonds. The Kier molecular flexibility index (Phi) is 10.3. The molecule has 1 heterocycles. The van der Waals surface area contributed by atoms with Crippen LogP contribution in [0.15, 0.2) is 24.3 Å². The van der Waals surface area contributed by atoms with Gasteiger partial charge in [-0.1, -0.05) is 58.3 Å². The summed E-state index contributed by atoms with van der Waals surface area (Å²) < 4.78 is 17.1. The average molecular weight is 407 g/mol. The molecular weight excluding hydrogens is 368 g/mol. The smallest absolute Gasteiger partial charge is 0.411 e. The van der Waals surface area contributed by atoms with Gasteiger partial charge < -0.3 is 19.9 Å². The molecule has 2 atom stereocenters. The number of anilines is 2. The number of rotatable bonds is 13. The summed E-state index contributed by atoms with van der Waals surface area (Å²) in [5, 5.41) is 2.67. The van der Waals surface area contributed by atoms with Gasteiger partial charge in [0.1, 0.15) is 12.7 Å². The van der Waals surface area contributed by atoms with Crippen molar-refractivity contribution < 1.29 is 19.0 Å². The van der Waals surface area contributed by atoms with Gasteiger partial charge in [-0.15, -0.1) is 0 Å². The normalized spacial score (nSPS) is 21.2. The van der Waals surface area contributed by atoms with E-state index in [2.05, 4.69) is 12.2 Å². The van der Waals surface area contributed by atoms with Crippen molar-refractivity contribution >= 4 is 17.5 Å². The van der Waals surface area contributed by atoms with Crippen molar-refractivity contribution in [2.75, 3.05) is 24.3 Å². The molecule has 1 aromatic carbocycles. The molecule has 29 heavy (non-hydrogen) atoms. The quantitative estimate of drug-likeness (QED) is 0.316. The molecule has 2 rings (SSSR count). The molecule has 164 valence electrons. The Morgan fingerprint density at radius 1 is 1.10 bits per heavy atom. The van der Waals surface area contributed by atoms with Gasteiger partial charge in [-0.3, -0.25) is 5.32 Å². The number of nitrogens with two attached hydrogens (primary N) is 1. The zero-order valence-electron chi connectivity index (χ0n) is 18.1. The van der Waals surface area contributed by atoms with E-state index in [1.807, 2.05) is 6.92 Å². The molecule has 1 aliphatic heterocycles. The van der Waals surface area contributed by atoms with Crippen molar-refractivity contribution in [1.82, 2.24) is 0 Å². The second kappa shape index (κ2) is 12.7. The fourth-order valence-electron chi connectivity index (χ4n) is 3.55. The number of ether oxygens (including phenoxy) is 3. The molecule has 0 radical (unpaired) electrons. The van der Waals surface area contributed by atoms with Crippen LogP contribution in [0, 0.1) is 0 Å². The lowest BCUT2D eigenvalue weighted by molar-refractivity contribution is -0.162. The Morgan fingerprint density at radius 2 is 1.72 bits per heavy atom. The summed E-state index contributed by atoms with van der Waals surface area (Å²) in [4.78, 5) is 11.9. The Bertz CT molecular complexity index is 593. The summed E-state index contributed by atoms with van der Waals surface area (Å²) in [6, 6.07) is 6.91. The highest BCUT2D eigenvalue weighted by Gasteiger charge is 2.37. The van der Waals surface area contributed by atoms with Crippen molar-refractivity contribution in [3.63, 3.8) is 0 Å². The van der Waals surface area contributed by atoms with Gasteiger partial charge in [0.25, 0.3) is 0 Å². The zero-order valence-corrected chi connectivity index (χ0v) is 18.1. The van der Waals surface area contributed by atoms with E-state index in [1.54, 1.807) is 24.3 Å². The first-order chi connectivity index (χ1) is 14.0. The van der Waals surface area contributed by atoms with Gasteiger partial charge >= 0.3 is 6.09 Å². The van der Waals surface area contributed by atoms with E-state index >= 15 is 0 Å². The lowest BCUT2D eigenvalue weighted by Crippen LogP contribution is -2.29. The number of hydrogen-bond donors (Lipinski definition) is 2. The van der Waals surface area contributed by atoms with Crippen molar-refractivity contribution in [2.24, 2.45) is 0 Å². The predicted molar refractivity (Wildman–Crippen MR) is 117 cm³/mol. The summed E-state index contributed by atoms with van der Waals surface area (Å²) in [7, 11) is 0. The first-order valence-corrected chi connectivity index (χ1v) is 11.1. The Morgan fingerprint density at radius 3 is 2.38 bits per heavy atom. The van der Waals surface area contributed by atoms with Crippen LogP contribution < -0.4 is 11.1 Å². The van der Waals surface area contributed by atoms with E-state index in [9.17, 15) is 4.79 Å². The standard InChI is InChI=1S/C23H38N2O4/c1-3-4-5-6-7-8-9-10-11-16-23(2)28-18-21(29-23)17-27-22(26)25-20-14-12-19(24)13-15-20/h12-15,21H,3-11,16-18,24H2,1-2H3,(H,25,26). The molecule has 1 fully saturated rings. The zero-order chi connectivity index (χ0) is 21.0. The predicted octanol–water partition coefficient (Wildman–Crippen LogP) is 5.87. The second-order valence-corrected chi connectivity index (χ2v) is 8.11. The molecule has 6 heteroatoms. The third-order valence-electron chi connectivity index (χ3n) is 5.28. The molecule has 1 saturated heterocycles. The lowest BCUT2D eigenvalue weighted by atomic mass is 10.0. The Hall–Kier alpha value is -1.79. The van der Waals surface area contributed by atoms with Crippen LogP contribution in [0.25, 0.3) is 0 Å². The van der Waals surface area contributed by atoms with Crippen LogP contribution in [-0.4, -0.2) is 31.2 Å². The van der Waals surface area contributed by atoms with Gasteiger partial charge in [0.05, 0.1) is 6.61 Å². The Balaban J connectivity index is 1.54. The largest absolute Gasteiger partial charge is 0.446 e. The molecule has 0 aliphatic carbocycles. The summed E-state index contributed by atoms with van der Waals surface area (Å²) in [6.07, 6.45) is 11.8. The number of benzene rings is 1. The van der Waals surface area contributed by atoms with Gasteiger partial charge in [-0.05, 0) is 37.6 Å². The first kappa shape index (κ1) is 23.5. The maximum atomic E-state index is 11.9. The van der Waals surface area contributed by atoms with Crippen molar-refractivity contribution in [3.05, 3.63) is 24.3 Å². The number of nitrogens with one attached hydrogen (secondary N) is 1. The van der Waals surface area contributed by atoms with Crippen molar-refractivity contribution in [2.45, 2.75) is 89.9 Å². The minimum atomic E-state index is -0.567. The van der Waals surface area contributed by atoms with E-state index in [-0.39, 0.29) is 12.7 Å². The number of amides is 1. The minimum Gasteiger partial charge on any atom is -0.446 e. The van der Waals surface area contributed by atoms with E-state index in [1.165, 1.54) is 51.4 Å². The Labute approximate surface area is 175 Å². The molecular formula is C23H38N2O4. The van der Waals surface area contributed by atoms with Gasteiger partial charge in [0, 0.05) is 17.8 Å². The van der Waals surface area contributed by atoms with Crippen LogP contribution in [0.5, 0.6) is 0 Å². The molecule has 3 N–H and O–H groups in total. The first-order valence-electron chi connectivity index (χ1n) is 11.1. The summed E-state index contributed by atoms with van der Waals surface area (Å²) in [5.41, 5.74) is 6.92. The number of unbranched alkanes of at least 4 members (excludes halogenated alkanes) is 8. The highest BCUT2D eigenvalue weighted by molar-refractivity contribution is 5.84. The van der Waals surface area contributed by atoms with E-state index < -0.39 is 11.9 Å². The maximum Gasteiger partial charge on any atom is 0.411 e. The van der Waals surface area contributed by atoms with Gasteiger partial charge in [0.2, 0.25) is 0 Å². The molecule has 0 aromatic heterocycles. The second-order valence-electron chi connectivity index (χ2n) is 8.11. The van der Waals surface area contributed by atoms with E-state index in [0.717, 1.165) is 12.8 Å².